The van der Waals surface area contributed by atoms with Crippen LogP contribution in [0.3, 0.4) is 0 Å². The zero-order chi connectivity index (χ0) is 3.58. The molecule has 6 heavy (non-hydrogen) atoms. The monoisotopic (exact) mass is 88.0 g/mol. The molecule has 0 rings (SSSR count). The maximum Gasteiger partial charge on any atom is 1.00 e. The van der Waals surface area contributed by atoms with Gasteiger partial charge in [0, 0.05) is 0 Å². The molecular formula is CH5LiO4. The van der Waals surface area contributed by atoms with Crippen molar-refractivity contribution in [3.05, 3.63) is 0 Å². The molecule has 0 aromatic heterocycles. The average Bonchev–Trinajstić information content (AvgIpc) is 0.811. The molecule has 0 aliphatic rings. The summed E-state index contributed by atoms with van der Waals surface area (Å²) in [5.74, 6) is 0. The van der Waals surface area contributed by atoms with E-state index in [9.17, 15) is 0 Å². The first kappa shape index (κ1) is 17.0. The molecule has 4 nitrogen and oxygen atoms in total. The van der Waals surface area contributed by atoms with Gasteiger partial charge in [0.1, 0.15) is 0 Å². The van der Waals surface area contributed by atoms with Crippen LogP contribution in [0.25, 0.3) is 0 Å². The van der Waals surface area contributed by atoms with Gasteiger partial charge in [-0.2, -0.15) is 0 Å². The molecule has 0 saturated heterocycles. The maximum atomic E-state index is 8.56. The van der Waals surface area contributed by atoms with Crippen LogP contribution < -0.4 is 18.9 Å². The van der Waals surface area contributed by atoms with Crippen molar-refractivity contribution in [2.24, 2.45) is 0 Å². The minimum Gasteiger partial charge on any atom is -1.00 e. The normalized spacial score (nSPS) is 4.00. The maximum absolute atomic E-state index is 8.56. The first-order valence-electron chi connectivity index (χ1n) is 0.651. The van der Waals surface area contributed by atoms with Crippen molar-refractivity contribution >= 4 is 6.16 Å². The molecule has 4 N–H and O–H groups in total. The van der Waals surface area contributed by atoms with Gasteiger partial charge in [-0.3, -0.25) is 0 Å². The van der Waals surface area contributed by atoms with Crippen molar-refractivity contribution in [3.8, 4) is 0 Å². The van der Waals surface area contributed by atoms with Crippen LogP contribution >= 0.6 is 0 Å². The number of carboxylic acid groups (broad SMARTS) is 2. The number of rotatable bonds is 0. The summed E-state index contributed by atoms with van der Waals surface area (Å²) < 4.78 is 0. The minimum atomic E-state index is -1.83. The molecule has 0 spiro atoms. The summed E-state index contributed by atoms with van der Waals surface area (Å²) >= 11 is 0. The first-order chi connectivity index (χ1) is 1.73. The van der Waals surface area contributed by atoms with Crippen molar-refractivity contribution in [1.82, 2.24) is 0 Å². The molecule has 0 aliphatic carbocycles. The Labute approximate surface area is 47.8 Å². The Balaban J connectivity index is -0.0000000150. The van der Waals surface area contributed by atoms with Crippen LogP contribution in [0.1, 0.15) is 1.43 Å². The Kier molecular flexibility index (Phi) is 25.0. The standard InChI is InChI=1S/CH2O3.Li.H2O.H/c2-1(3)4;;;/h(H2,2,3,4);;1H2;/q;+1;;-1. The number of carbonyl (C=O) groups is 1. The van der Waals surface area contributed by atoms with E-state index in [0.29, 0.717) is 0 Å². The van der Waals surface area contributed by atoms with Crippen LogP contribution in [-0.2, 0) is 0 Å². The molecule has 0 heterocycles. The molecule has 0 radical (unpaired) electrons. The van der Waals surface area contributed by atoms with Gasteiger partial charge in [0.2, 0.25) is 0 Å². The molecule has 0 bridgehead atoms. The Morgan fingerprint density at radius 1 is 1.50 bits per heavy atom. The van der Waals surface area contributed by atoms with Gasteiger partial charge in [0.25, 0.3) is 0 Å². The van der Waals surface area contributed by atoms with Crippen molar-refractivity contribution in [2.75, 3.05) is 0 Å². The van der Waals surface area contributed by atoms with Gasteiger partial charge in [-0.15, -0.1) is 0 Å². The van der Waals surface area contributed by atoms with Crippen molar-refractivity contribution in [2.45, 2.75) is 0 Å². The minimum absolute atomic E-state index is 0. The van der Waals surface area contributed by atoms with Crippen molar-refractivity contribution < 1.29 is 40.8 Å². The SMILES string of the molecule is O.O=C(O)O.[H-].[Li+]. The van der Waals surface area contributed by atoms with E-state index >= 15 is 0 Å². The van der Waals surface area contributed by atoms with Crippen LogP contribution in [-0.4, -0.2) is 21.8 Å². The Bertz CT molecular complexity index is 34.7. The van der Waals surface area contributed by atoms with Gasteiger partial charge in [-0.1, -0.05) is 0 Å². The number of hydrogen-bond donors (Lipinski definition) is 2. The van der Waals surface area contributed by atoms with E-state index < -0.39 is 6.16 Å². The van der Waals surface area contributed by atoms with Crippen molar-refractivity contribution in [1.29, 1.82) is 0 Å². The van der Waals surface area contributed by atoms with Gasteiger partial charge < -0.3 is 17.1 Å². The Morgan fingerprint density at radius 3 is 1.50 bits per heavy atom. The fourth-order valence-electron chi connectivity index (χ4n) is 0. The molecule has 0 saturated carbocycles. The first-order valence-corrected chi connectivity index (χ1v) is 0.651. The molecule has 0 amide bonds. The zero-order valence-electron chi connectivity index (χ0n) is 4.30. The third kappa shape index (κ3) is 1030. The Morgan fingerprint density at radius 2 is 1.50 bits per heavy atom. The van der Waals surface area contributed by atoms with E-state index in [1.807, 2.05) is 0 Å². The molecule has 0 fully saturated rings. The van der Waals surface area contributed by atoms with Gasteiger partial charge in [-0.25, -0.2) is 4.79 Å². The molecule has 5 heteroatoms. The summed E-state index contributed by atoms with van der Waals surface area (Å²) in [4.78, 5) is 8.56. The van der Waals surface area contributed by atoms with Gasteiger partial charge in [0.05, 0.1) is 0 Å². The summed E-state index contributed by atoms with van der Waals surface area (Å²) in [5, 5.41) is 13.9. The fraction of sp³-hybridized carbons (Fsp3) is 0. The van der Waals surface area contributed by atoms with Crippen LogP contribution in [0.5, 0.6) is 0 Å². The number of hydrogen-bond acceptors (Lipinski definition) is 1. The zero-order valence-corrected chi connectivity index (χ0v) is 3.30. The summed E-state index contributed by atoms with van der Waals surface area (Å²) in [7, 11) is 0. The third-order valence-corrected chi connectivity index (χ3v) is 0. The molecule has 0 atom stereocenters. The molecule has 34 valence electrons. The summed E-state index contributed by atoms with van der Waals surface area (Å²) in [5.41, 5.74) is 0. The van der Waals surface area contributed by atoms with E-state index in [2.05, 4.69) is 0 Å². The van der Waals surface area contributed by atoms with E-state index in [4.69, 9.17) is 15.0 Å². The largest absolute Gasteiger partial charge is 1.00 e. The van der Waals surface area contributed by atoms with Crippen LogP contribution in [0.15, 0.2) is 0 Å². The smallest absolute Gasteiger partial charge is 1.00 e. The fourth-order valence-corrected chi connectivity index (χ4v) is 0. The molecule has 0 aliphatic heterocycles. The predicted octanol–water partition coefficient (Wildman–Crippen LogP) is -3.49. The second-order valence-electron chi connectivity index (χ2n) is 0.283. The quantitative estimate of drug-likeness (QED) is 0.301. The summed E-state index contributed by atoms with van der Waals surface area (Å²) in [6.45, 7) is 0. The predicted molar refractivity (Wildman–Crippen MR) is 15.4 cm³/mol. The topological polar surface area (TPSA) is 89.0 Å². The Hall–Kier alpha value is -0.173. The second kappa shape index (κ2) is 8.85. The van der Waals surface area contributed by atoms with Crippen molar-refractivity contribution in [3.63, 3.8) is 0 Å². The summed E-state index contributed by atoms with van der Waals surface area (Å²) in [6.07, 6.45) is -1.83. The van der Waals surface area contributed by atoms with Crippen LogP contribution in [0.2, 0.25) is 0 Å². The van der Waals surface area contributed by atoms with E-state index in [0.717, 1.165) is 0 Å². The molecule has 0 unspecified atom stereocenters. The summed E-state index contributed by atoms with van der Waals surface area (Å²) in [6, 6.07) is 0. The van der Waals surface area contributed by atoms with E-state index in [1.54, 1.807) is 0 Å². The van der Waals surface area contributed by atoms with E-state index in [-0.39, 0.29) is 25.8 Å². The molecular weight excluding hydrogens is 82.9 g/mol. The van der Waals surface area contributed by atoms with Crippen LogP contribution in [0, 0.1) is 0 Å². The molecule has 0 aromatic rings. The van der Waals surface area contributed by atoms with E-state index in [1.165, 1.54) is 0 Å². The van der Waals surface area contributed by atoms with Crippen LogP contribution in [0.4, 0.5) is 4.79 Å². The molecule has 0 aromatic carbocycles. The third-order valence-electron chi connectivity index (χ3n) is 0. The van der Waals surface area contributed by atoms with Gasteiger partial charge in [0.15, 0.2) is 0 Å². The average molecular weight is 88.0 g/mol. The van der Waals surface area contributed by atoms with Gasteiger partial charge >= 0.3 is 25.0 Å². The van der Waals surface area contributed by atoms with Gasteiger partial charge in [-0.05, 0) is 0 Å². The second-order valence-corrected chi connectivity index (χ2v) is 0.283.